The number of rotatable bonds is 76. The normalized spacial score (nSPS) is 14.2. The number of aliphatic hydroxyl groups excluding tert-OH is 1. The molecule has 3 N–H and O–H groups in total. The summed E-state index contributed by atoms with van der Waals surface area (Å²) in [6, 6.07) is 0. The smallest absolute Gasteiger partial charge is 0.462 e. The van der Waals surface area contributed by atoms with Crippen LogP contribution in [0.4, 0.5) is 0 Å². The third-order valence-corrected chi connectivity index (χ3v) is 19.1. The highest BCUT2D eigenvalue weighted by atomic mass is 31.2. The van der Waals surface area contributed by atoms with Crippen LogP contribution in [0.25, 0.3) is 0 Å². The average Bonchev–Trinajstić information content (AvgIpc) is 1.07. The maximum absolute atomic E-state index is 13.1. The van der Waals surface area contributed by atoms with E-state index in [0.717, 1.165) is 154 Å². The van der Waals surface area contributed by atoms with Gasteiger partial charge >= 0.3 is 39.5 Å². The second-order valence-corrected chi connectivity index (χ2v) is 29.9. The molecule has 98 heavy (non-hydrogen) atoms. The van der Waals surface area contributed by atoms with Crippen molar-refractivity contribution in [1.82, 2.24) is 0 Å². The van der Waals surface area contributed by atoms with Crippen molar-refractivity contribution in [2.75, 3.05) is 39.6 Å². The van der Waals surface area contributed by atoms with Gasteiger partial charge in [0.1, 0.15) is 19.3 Å². The van der Waals surface area contributed by atoms with Crippen LogP contribution in [0.3, 0.4) is 0 Å². The fourth-order valence-electron chi connectivity index (χ4n) is 11.1. The van der Waals surface area contributed by atoms with E-state index >= 15 is 0 Å². The van der Waals surface area contributed by atoms with Crippen molar-refractivity contribution < 1.29 is 80.2 Å². The zero-order valence-electron chi connectivity index (χ0n) is 62.7. The first-order chi connectivity index (χ1) is 47.7. The van der Waals surface area contributed by atoms with Gasteiger partial charge in [-0.1, -0.05) is 269 Å². The lowest BCUT2D eigenvalue weighted by molar-refractivity contribution is -0.161. The number of ether oxygens (including phenoxy) is 4. The molecule has 0 amide bonds. The van der Waals surface area contributed by atoms with Crippen molar-refractivity contribution in [3.8, 4) is 0 Å². The average molecular weight is 1430 g/mol. The van der Waals surface area contributed by atoms with E-state index in [1.807, 2.05) is 0 Å². The summed E-state index contributed by atoms with van der Waals surface area (Å²) in [5.74, 6) is -2.18. The van der Waals surface area contributed by atoms with Crippen molar-refractivity contribution >= 4 is 39.5 Å². The van der Waals surface area contributed by atoms with Gasteiger partial charge in [0.15, 0.2) is 12.2 Å². The Kier molecular flexibility index (Phi) is 70.2. The van der Waals surface area contributed by atoms with E-state index in [1.54, 1.807) is 0 Å². The van der Waals surface area contributed by atoms with Gasteiger partial charge in [-0.05, 0) is 128 Å². The fraction of sp³-hybridized carbons (Fsp3) is 0.848. The zero-order valence-corrected chi connectivity index (χ0v) is 64.5. The van der Waals surface area contributed by atoms with Crippen molar-refractivity contribution in [1.29, 1.82) is 0 Å². The van der Waals surface area contributed by atoms with Crippen LogP contribution in [0.5, 0.6) is 0 Å². The van der Waals surface area contributed by atoms with Crippen molar-refractivity contribution in [2.45, 2.75) is 393 Å². The predicted octanol–water partition coefficient (Wildman–Crippen LogP) is 22.9. The molecule has 0 aliphatic rings. The first-order valence-electron chi connectivity index (χ1n) is 39.9. The van der Waals surface area contributed by atoms with Crippen LogP contribution in [0.15, 0.2) is 48.6 Å². The molecule has 0 aliphatic heterocycles. The summed E-state index contributed by atoms with van der Waals surface area (Å²) in [6.07, 6.45) is 69.4. The molecule has 0 radical (unpaired) electrons. The lowest BCUT2D eigenvalue weighted by Gasteiger charge is -2.21. The van der Waals surface area contributed by atoms with Crippen LogP contribution < -0.4 is 0 Å². The second-order valence-electron chi connectivity index (χ2n) is 27.0. The van der Waals surface area contributed by atoms with E-state index in [0.29, 0.717) is 25.7 Å². The maximum atomic E-state index is 13.1. The van der Waals surface area contributed by atoms with Gasteiger partial charge in [-0.15, -0.1) is 0 Å². The van der Waals surface area contributed by atoms with Crippen LogP contribution in [0.2, 0.25) is 0 Å². The van der Waals surface area contributed by atoms with Crippen molar-refractivity contribution in [2.24, 2.45) is 0 Å². The Balaban J connectivity index is 5.33. The molecule has 0 spiro atoms. The minimum atomic E-state index is -4.97. The standard InChI is InChI=1S/C79H146O17P2/c1-5-9-13-17-21-25-29-33-36-40-43-47-51-55-59-63-76(81)89-69-74(95-78(83)65-61-57-53-49-45-39-32-28-24-20-16-12-8-4)71-93-97(85,86)91-67-73(80)68-92-98(87,88)94-72-75(96-79(84)66-62-58-54-50-46-42-38-35-31-27-23-19-15-11-7-3)70-90-77(82)64-60-56-52-48-44-41-37-34-30-26-22-18-14-10-6-2/h28,32-38,73-75,80H,5-27,29-31,39-72H2,1-4H3,(H,85,86)(H,87,88)/b32-28-,36-33-,37-34-,38-35-. The summed E-state index contributed by atoms with van der Waals surface area (Å²) in [5.41, 5.74) is 0. The number of carbonyl (C=O) groups excluding carboxylic acids is 4. The van der Waals surface area contributed by atoms with E-state index in [-0.39, 0.29) is 25.7 Å². The van der Waals surface area contributed by atoms with Crippen molar-refractivity contribution in [3.63, 3.8) is 0 Å². The Labute approximate surface area is 597 Å². The molecule has 0 heterocycles. The van der Waals surface area contributed by atoms with Gasteiger partial charge in [0.25, 0.3) is 0 Å². The van der Waals surface area contributed by atoms with Gasteiger partial charge in [-0.3, -0.25) is 37.3 Å². The van der Waals surface area contributed by atoms with Crippen LogP contribution >= 0.6 is 15.6 Å². The number of phosphoric acid groups is 2. The molecule has 5 atom stereocenters. The first kappa shape index (κ1) is 95.0. The quantitative estimate of drug-likeness (QED) is 0.0169. The molecule has 574 valence electrons. The summed E-state index contributed by atoms with van der Waals surface area (Å²) in [5, 5.41) is 10.6. The minimum Gasteiger partial charge on any atom is -0.462 e. The van der Waals surface area contributed by atoms with Gasteiger partial charge in [0.2, 0.25) is 0 Å². The molecule has 5 unspecified atom stereocenters. The fourth-order valence-corrected chi connectivity index (χ4v) is 12.7. The highest BCUT2D eigenvalue weighted by molar-refractivity contribution is 7.47. The number of unbranched alkanes of at least 4 members (excludes halogenated alkanes) is 42. The third-order valence-electron chi connectivity index (χ3n) is 17.2. The van der Waals surface area contributed by atoms with Gasteiger partial charge < -0.3 is 33.8 Å². The van der Waals surface area contributed by atoms with Crippen LogP contribution in [0, 0.1) is 0 Å². The van der Waals surface area contributed by atoms with E-state index in [1.165, 1.54) is 141 Å². The second kappa shape index (κ2) is 72.4. The molecule has 0 saturated heterocycles. The Morgan fingerprint density at radius 2 is 0.469 bits per heavy atom. The molecule has 0 aromatic rings. The summed E-state index contributed by atoms with van der Waals surface area (Å²) in [7, 11) is -9.94. The molecule has 17 nitrogen and oxygen atoms in total. The Bertz CT molecular complexity index is 2050. The lowest BCUT2D eigenvalue weighted by atomic mass is 10.1. The Morgan fingerprint density at radius 1 is 0.276 bits per heavy atom. The third kappa shape index (κ3) is 71.4. The first-order valence-corrected chi connectivity index (χ1v) is 42.9. The molecule has 0 rings (SSSR count). The monoisotopic (exact) mass is 1430 g/mol. The summed E-state index contributed by atoms with van der Waals surface area (Å²) in [4.78, 5) is 72.9. The van der Waals surface area contributed by atoms with Crippen molar-refractivity contribution in [3.05, 3.63) is 48.6 Å². The molecular weight excluding hydrogens is 1280 g/mol. The van der Waals surface area contributed by atoms with E-state index in [4.69, 9.17) is 37.0 Å². The molecule has 0 aromatic carbocycles. The minimum absolute atomic E-state index is 0.0879. The summed E-state index contributed by atoms with van der Waals surface area (Å²) in [6.45, 7) is 4.88. The predicted molar refractivity (Wildman–Crippen MR) is 400 cm³/mol. The molecule has 19 heteroatoms. The van der Waals surface area contributed by atoms with Gasteiger partial charge in [-0.25, -0.2) is 9.13 Å². The number of allylic oxidation sites excluding steroid dienone is 8. The largest absolute Gasteiger partial charge is 0.472 e. The van der Waals surface area contributed by atoms with Crippen LogP contribution in [-0.4, -0.2) is 96.7 Å². The maximum Gasteiger partial charge on any atom is 0.472 e. The number of carbonyl (C=O) groups is 4. The van der Waals surface area contributed by atoms with E-state index in [2.05, 4.69) is 76.3 Å². The molecule has 0 aromatic heterocycles. The Morgan fingerprint density at radius 3 is 0.714 bits per heavy atom. The highest BCUT2D eigenvalue weighted by Crippen LogP contribution is 2.45. The highest BCUT2D eigenvalue weighted by Gasteiger charge is 2.30. The Hall–Kier alpha value is -2.98. The van der Waals surface area contributed by atoms with Gasteiger partial charge in [-0.2, -0.15) is 0 Å². The number of aliphatic hydroxyl groups is 1. The van der Waals surface area contributed by atoms with Crippen LogP contribution in [-0.2, 0) is 65.4 Å². The number of hydrogen-bond acceptors (Lipinski definition) is 15. The summed E-state index contributed by atoms with van der Waals surface area (Å²) >= 11 is 0. The molecule has 0 saturated carbocycles. The number of esters is 4. The molecular formula is C79H146O17P2. The van der Waals surface area contributed by atoms with Gasteiger partial charge in [0, 0.05) is 25.7 Å². The SMILES string of the molecule is CCCCCC/C=C\CCCCCCCC(=O)OC(COC(=O)CCCCCCC/C=C\CCCCCCCC)COP(=O)(O)OCC(O)COP(=O)(O)OCC(COC(=O)CCCCCCC/C=C\CCCCCCCC)OC(=O)CCCCCCC/C=C\CCCCCCCC. The molecule has 0 bridgehead atoms. The molecule has 0 fully saturated rings. The summed E-state index contributed by atoms with van der Waals surface area (Å²) < 4.78 is 68.5. The van der Waals surface area contributed by atoms with Crippen LogP contribution in [0.1, 0.15) is 374 Å². The zero-order chi connectivity index (χ0) is 71.8. The van der Waals surface area contributed by atoms with Gasteiger partial charge in [0.05, 0.1) is 26.4 Å². The van der Waals surface area contributed by atoms with E-state index in [9.17, 15) is 43.2 Å². The van der Waals surface area contributed by atoms with E-state index < -0.39 is 97.5 Å². The lowest BCUT2D eigenvalue weighted by Crippen LogP contribution is -2.30. The topological polar surface area (TPSA) is 237 Å². The number of hydrogen-bond donors (Lipinski definition) is 3. The molecule has 0 aliphatic carbocycles. The number of phosphoric ester groups is 2.